The maximum Gasteiger partial charge on any atom is 0.333 e. The quantitative estimate of drug-likeness (QED) is 0.869. The Labute approximate surface area is 153 Å². The molecule has 0 radical (unpaired) electrons. The summed E-state index contributed by atoms with van der Waals surface area (Å²) in [5.41, 5.74) is 0.924. The summed E-state index contributed by atoms with van der Waals surface area (Å²) in [5.74, 6) is 0.0791. The zero-order valence-corrected chi connectivity index (χ0v) is 16.6. The Kier molecular flexibility index (Phi) is 5.40. The number of carbonyl (C=O) groups is 1. The molecule has 25 heavy (non-hydrogen) atoms. The van der Waals surface area contributed by atoms with Crippen LogP contribution in [0.3, 0.4) is 0 Å². The molecular formula is C17H23N3O3S2. The summed E-state index contributed by atoms with van der Waals surface area (Å²) >= 11 is 1.52. The zero-order chi connectivity index (χ0) is 19.0. The number of amides is 2. The first-order chi connectivity index (χ1) is 11.5. The number of sulfonamides is 1. The summed E-state index contributed by atoms with van der Waals surface area (Å²) in [6.07, 6.45) is 0. The van der Waals surface area contributed by atoms with Gasteiger partial charge in [-0.2, -0.15) is 5.26 Å². The lowest BCUT2D eigenvalue weighted by atomic mass is 10.0. The van der Waals surface area contributed by atoms with Crippen LogP contribution in [0, 0.1) is 24.2 Å². The van der Waals surface area contributed by atoms with E-state index in [-0.39, 0.29) is 16.2 Å². The number of aryl methyl sites for hydroxylation is 1. The molecule has 0 aromatic heterocycles. The van der Waals surface area contributed by atoms with Gasteiger partial charge in [-0.05, 0) is 38.8 Å². The minimum absolute atomic E-state index is 0.0205. The van der Waals surface area contributed by atoms with Crippen molar-refractivity contribution in [1.82, 2.24) is 9.62 Å². The summed E-state index contributed by atoms with van der Waals surface area (Å²) in [4.78, 5) is 14.1. The monoisotopic (exact) mass is 381 g/mol. The Bertz CT molecular complexity index is 795. The van der Waals surface area contributed by atoms with Crippen molar-refractivity contribution in [2.24, 2.45) is 5.92 Å². The third kappa shape index (κ3) is 3.93. The standard InChI is InChI=1S/C17H23N3O3S2/c1-11(2)15-20(14(10-18)17(4,5)24-15)16(21)19-25(22,23)13-8-6-12(3)7-9-13/h6-9,11,14-15H,1-5H3,(H,19,21). The number of hydrogen-bond donors (Lipinski definition) is 1. The van der Waals surface area contributed by atoms with Gasteiger partial charge in [0.25, 0.3) is 10.0 Å². The highest BCUT2D eigenvalue weighted by atomic mass is 32.2. The predicted molar refractivity (Wildman–Crippen MR) is 98.4 cm³/mol. The Morgan fingerprint density at radius 1 is 1.32 bits per heavy atom. The highest BCUT2D eigenvalue weighted by Crippen LogP contribution is 2.46. The van der Waals surface area contributed by atoms with Crippen LogP contribution in [0.4, 0.5) is 4.79 Å². The van der Waals surface area contributed by atoms with Gasteiger partial charge in [0, 0.05) is 4.75 Å². The largest absolute Gasteiger partial charge is 0.333 e. The number of hydrogen-bond acceptors (Lipinski definition) is 5. The molecule has 6 nitrogen and oxygen atoms in total. The molecule has 1 aromatic rings. The van der Waals surface area contributed by atoms with E-state index in [0.29, 0.717) is 0 Å². The molecule has 1 saturated heterocycles. The van der Waals surface area contributed by atoms with Gasteiger partial charge < -0.3 is 0 Å². The number of carbonyl (C=O) groups excluding carboxylic acids is 1. The van der Waals surface area contributed by atoms with E-state index in [1.54, 1.807) is 12.1 Å². The van der Waals surface area contributed by atoms with E-state index in [1.807, 2.05) is 34.6 Å². The zero-order valence-electron chi connectivity index (χ0n) is 15.0. The van der Waals surface area contributed by atoms with Crippen molar-refractivity contribution in [3.8, 4) is 6.07 Å². The van der Waals surface area contributed by atoms with Crippen LogP contribution in [0.5, 0.6) is 0 Å². The van der Waals surface area contributed by atoms with Gasteiger partial charge in [0.05, 0.1) is 16.3 Å². The van der Waals surface area contributed by atoms with Crippen molar-refractivity contribution in [2.45, 2.75) is 55.7 Å². The second-order valence-corrected chi connectivity index (χ2v) is 10.5. The lowest BCUT2D eigenvalue weighted by Gasteiger charge is -2.29. The maximum atomic E-state index is 12.7. The summed E-state index contributed by atoms with van der Waals surface area (Å²) in [7, 11) is -3.99. The van der Waals surface area contributed by atoms with Crippen molar-refractivity contribution in [3.05, 3.63) is 29.8 Å². The van der Waals surface area contributed by atoms with Gasteiger partial charge in [0.1, 0.15) is 6.04 Å². The summed E-state index contributed by atoms with van der Waals surface area (Å²) in [5, 5.41) is 9.26. The number of urea groups is 1. The van der Waals surface area contributed by atoms with Crippen LogP contribution in [0.25, 0.3) is 0 Å². The molecule has 2 rings (SSSR count). The molecule has 0 spiro atoms. The van der Waals surface area contributed by atoms with Gasteiger partial charge in [-0.15, -0.1) is 11.8 Å². The van der Waals surface area contributed by atoms with Crippen LogP contribution in [0.1, 0.15) is 33.3 Å². The molecule has 8 heteroatoms. The minimum atomic E-state index is -3.99. The van der Waals surface area contributed by atoms with E-state index in [9.17, 15) is 18.5 Å². The normalized spacial score (nSPS) is 22.7. The predicted octanol–water partition coefficient (Wildman–Crippen LogP) is 3.10. The van der Waals surface area contributed by atoms with Crippen molar-refractivity contribution in [2.75, 3.05) is 0 Å². The number of thioether (sulfide) groups is 1. The number of nitrogens with one attached hydrogen (secondary N) is 1. The van der Waals surface area contributed by atoms with Crippen LogP contribution in [0.15, 0.2) is 29.2 Å². The van der Waals surface area contributed by atoms with Gasteiger partial charge in [0.15, 0.2) is 0 Å². The lowest BCUT2D eigenvalue weighted by molar-refractivity contribution is 0.177. The van der Waals surface area contributed by atoms with Gasteiger partial charge in [-0.1, -0.05) is 31.5 Å². The Balaban J connectivity index is 2.31. The first-order valence-electron chi connectivity index (χ1n) is 7.99. The average molecular weight is 382 g/mol. The summed E-state index contributed by atoms with van der Waals surface area (Å²) in [6, 6.07) is 6.93. The van der Waals surface area contributed by atoms with Crippen LogP contribution in [-0.4, -0.2) is 35.5 Å². The van der Waals surface area contributed by atoms with Crippen molar-refractivity contribution in [1.29, 1.82) is 5.26 Å². The molecule has 2 amide bonds. The van der Waals surface area contributed by atoms with Crippen molar-refractivity contribution >= 4 is 27.8 Å². The second kappa shape index (κ2) is 6.89. The first-order valence-corrected chi connectivity index (χ1v) is 10.3. The van der Waals surface area contributed by atoms with Crippen LogP contribution in [0.2, 0.25) is 0 Å². The molecule has 1 heterocycles. The fraction of sp³-hybridized carbons (Fsp3) is 0.529. The maximum absolute atomic E-state index is 12.7. The van der Waals surface area contributed by atoms with Crippen molar-refractivity contribution < 1.29 is 13.2 Å². The molecule has 1 aliphatic rings. The molecule has 136 valence electrons. The molecule has 2 atom stereocenters. The number of rotatable bonds is 3. The van der Waals surface area contributed by atoms with Gasteiger partial charge >= 0.3 is 6.03 Å². The molecule has 0 aliphatic carbocycles. The third-order valence-electron chi connectivity index (χ3n) is 4.12. The van der Waals surface area contributed by atoms with Gasteiger partial charge in [-0.3, -0.25) is 4.90 Å². The van der Waals surface area contributed by atoms with E-state index < -0.39 is 26.8 Å². The smallest absolute Gasteiger partial charge is 0.294 e. The van der Waals surface area contributed by atoms with Gasteiger partial charge in [0.2, 0.25) is 0 Å². The van der Waals surface area contributed by atoms with E-state index in [0.717, 1.165) is 5.56 Å². The first kappa shape index (κ1) is 19.6. The molecule has 0 saturated carbocycles. The number of benzene rings is 1. The lowest BCUT2D eigenvalue weighted by Crippen LogP contribution is -2.51. The molecule has 1 aliphatic heterocycles. The molecular weight excluding hydrogens is 358 g/mol. The molecule has 1 aromatic carbocycles. The van der Waals surface area contributed by atoms with E-state index in [1.165, 1.54) is 28.8 Å². The topological polar surface area (TPSA) is 90.3 Å². The SMILES string of the molecule is Cc1ccc(S(=O)(=O)NC(=O)N2C(C(C)C)SC(C)(C)C2C#N)cc1. The van der Waals surface area contributed by atoms with Crippen molar-refractivity contribution in [3.63, 3.8) is 0 Å². The average Bonchev–Trinajstić information content (AvgIpc) is 2.78. The Morgan fingerprint density at radius 2 is 1.88 bits per heavy atom. The van der Waals surface area contributed by atoms with E-state index in [4.69, 9.17) is 0 Å². The highest BCUT2D eigenvalue weighted by Gasteiger charge is 2.51. The fourth-order valence-corrected chi connectivity index (χ4v) is 5.23. The van der Waals surface area contributed by atoms with Crippen LogP contribution in [-0.2, 0) is 10.0 Å². The van der Waals surface area contributed by atoms with Gasteiger partial charge in [-0.25, -0.2) is 17.9 Å². The molecule has 2 unspecified atom stereocenters. The number of nitriles is 1. The van der Waals surface area contributed by atoms with Crippen LogP contribution >= 0.6 is 11.8 Å². The number of nitrogens with zero attached hydrogens (tertiary/aromatic N) is 2. The minimum Gasteiger partial charge on any atom is -0.294 e. The fourth-order valence-electron chi connectivity index (χ4n) is 2.77. The summed E-state index contributed by atoms with van der Waals surface area (Å²) < 4.78 is 26.6. The third-order valence-corrected chi connectivity index (χ3v) is 7.30. The molecule has 1 fully saturated rings. The Morgan fingerprint density at radius 3 is 2.36 bits per heavy atom. The highest BCUT2D eigenvalue weighted by molar-refractivity contribution is 8.01. The van der Waals surface area contributed by atoms with E-state index >= 15 is 0 Å². The van der Waals surface area contributed by atoms with E-state index in [2.05, 4.69) is 10.8 Å². The summed E-state index contributed by atoms with van der Waals surface area (Å²) in [6.45, 7) is 9.53. The Hall–Kier alpha value is -1.72. The van der Waals surface area contributed by atoms with Crippen LogP contribution < -0.4 is 4.72 Å². The molecule has 0 bridgehead atoms. The second-order valence-electron chi connectivity index (χ2n) is 7.02. The molecule has 1 N–H and O–H groups in total.